The highest BCUT2D eigenvalue weighted by molar-refractivity contribution is 6.08. The molecule has 0 saturated carbocycles. The number of rotatable bonds is 4. The molecular formula is C22H21N5O. The lowest BCUT2D eigenvalue weighted by Gasteiger charge is -2.16. The topological polar surface area (TPSA) is 87.0 Å². The minimum atomic E-state index is -0.396. The van der Waals surface area contributed by atoms with Gasteiger partial charge in [0, 0.05) is 30.1 Å². The highest BCUT2D eigenvalue weighted by Gasteiger charge is 2.19. The summed E-state index contributed by atoms with van der Waals surface area (Å²) in [5, 5.41) is 21.4. The number of aromatic nitrogens is 3. The molecule has 6 heteroatoms. The van der Waals surface area contributed by atoms with Crippen LogP contribution in [0.1, 0.15) is 25.3 Å². The van der Waals surface area contributed by atoms with E-state index in [0.717, 1.165) is 16.8 Å². The van der Waals surface area contributed by atoms with E-state index in [9.17, 15) is 4.79 Å². The maximum atomic E-state index is 12.9. The molecule has 2 aromatic heterocycles. The molecule has 0 fully saturated rings. The third-order valence-corrected chi connectivity index (χ3v) is 5.09. The molecule has 0 amide bonds. The molecule has 2 aromatic carbocycles. The summed E-state index contributed by atoms with van der Waals surface area (Å²) >= 11 is 0. The summed E-state index contributed by atoms with van der Waals surface area (Å²) < 4.78 is 3.38. The molecule has 4 aromatic rings. The molecule has 2 heterocycles. The van der Waals surface area contributed by atoms with Crippen molar-refractivity contribution in [3.05, 3.63) is 70.5 Å². The first-order chi connectivity index (χ1) is 13.4. The van der Waals surface area contributed by atoms with Crippen molar-refractivity contribution in [1.82, 2.24) is 14.2 Å². The lowest BCUT2D eigenvalue weighted by molar-refractivity contribution is 0.850. The number of nitrogens with zero attached hydrogens (tertiary/aromatic N) is 3. The molecule has 2 N–H and O–H groups in total. The van der Waals surface area contributed by atoms with E-state index in [-0.39, 0.29) is 5.56 Å². The van der Waals surface area contributed by atoms with E-state index >= 15 is 0 Å². The van der Waals surface area contributed by atoms with Crippen LogP contribution in [0.4, 0.5) is 0 Å². The molecule has 28 heavy (non-hydrogen) atoms. The molecule has 140 valence electrons. The fourth-order valence-electron chi connectivity index (χ4n) is 3.73. The fourth-order valence-corrected chi connectivity index (χ4v) is 3.73. The van der Waals surface area contributed by atoms with Crippen LogP contribution < -0.4 is 5.56 Å². The zero-order valence-electron chi connectivity index (χ0n) is 16.0. The maximum Gasteiger partial charge on any atom is 0.261 e. The molecule has 0 bridgehead atoms. The molecule has 0 atom stereocenters. The van der Waals surface area contributed by atoms with Gasteiger partial charge < -0.3 is 10.8 Å². The fraction of sp³-hybridized carbons (Fsp3) is 0.182. The predicted octanol–water partition coefficient (Wildman–Crippen LogP) is 4.02. The molecule has 0 spiro atoms. The SMILES string of the molecule is CC(=N)C(C(C)=N)c1ccc2c(=O)n(C)c3cc(-c4ccccc4)nn3c2c1. The van der Waals surface area contributed by atoms with E-state index in [4.69, 9.17) is 15.9 Å². The zero-order valence-corrected chi connectivity index (χ0v) is 16.0. The van der Waals surface area contributed by atoms with Crippen LogP contribution in [0.25, 0.3) is 27.8 Å². The quantitative estimate of drug-likeness (QED) is 0.531. The van der Waals surface area contributed by atoms with Crippen LogP contribution in [0.3, 0.4) is 0 Å². The maximum absolute atomic E-state index is 12.9. The predicted molar refractivity (Wildman–Crippen MR) is 113 cm³/mol. The number of aryl methyl sites for hydroxylation is 1. The van der Waals surface area contributed by atoms with Gasteiger partial charge in [-0.05, 0) is 31.5 Å². The Bertz CT molecular complexity index is 1280. The van der Waals surface area contributed by atoms with Gasteiger partial charge in [0.25, 0.3) is 5.56 Å². The van der Waals surface area contributed by atoms with Gasteiger partial charge in [-0.15, -0.1) is 0 Å². The van der Waals surface area contributed by atoms with Crippen molar-refractivity contribution in [3.63, 3.8) is 0 Å². The summed E-state index contributed by atoms with van der Waals surface area (Å²) in [5.41, 5.74) is 4.67. The molecule has 0 aliphatic heterocycles. The van der Waals surface area contributed by atoms with E-state index < -0.39 is 5.92 Å². The second kappa shape index (κ2) is 6.56. The average molecular weight is 371 g/mol. The number of hydrogen-bond donors (Lipinski definition) is 2. The van der Waals surface area contributed by atoms with Gasteiger partial charge in [0.1, 0.15) is 5.65 Å². The molecule has 6 nitrogen and oxygen atoms in total. The largest absolute Gasteiger partial charge is 0.309 e. The minimum Gasteiger partial charge on any atom is -0.309 e. The van der Waals surface area contributed by atoms with Crippen LogP contribution in [0.5, 0.6) is 0 Å². The Morgan fingerprint density at radius 1 is 1.00 bits per heavy atom. The van der Waals surface area contributed by atoms with Crippen molar-refractivity contribution in [3.8, 4) is 11.3 Å². The van der Waals surface area contributed by atoms with Gasteiger partial charge in [-0.25, -0.2) is 4.52 Å². The first-order valence-corrected chi connectivity index (χ1v) is 9.06. The van der Waals surface area contributed by atoms with Crippen molar-refractivity contribution in [2.24, 2.45) is 7.05 Å². The molecule has 0 aliphatic rings. The van der Waals surface area contributed by atoms with Gasteiger partial charge in [-0.3, -0.25) is 9.36 Å². The van der Waals surface area contributed by atoms with Gasteiger partial charge in [0.15, 0.2) is 0 Å². The van der Waals surface area contributed by atoms with Crippen molar-refractivity contribution in [2.45, 2.75) is 19.8 Å². The Balaban J connectivity index is 2.05. The molecule has 0 radical (unpaired) electrons. The Labute approximate surface area is 162 Å². The Morgan fingerprint density at radius 2 is 1.68 bits per heavy atom. The standard InChI is InChI=1S/C22H21N5O/c1-13(23)21(14(2)24)16-9-10-17-19(11-16)27-20(26(3)22(17)28)12-18(25-27)15-7-5-4-6-8-15/h4-12,21,23-24H,1-3H3. The minimum absolute atomic E-state index is 0.0942. The number of nitrogens with one attached hydrogen (secondary N) is 2. The number of benzene rings is 2. The second-order valence-electron chi connectivity index (χ2n) is 7.11. The van der Waals surface area contributed by atoms with E-state index in [1.54, 1.807) is 36.0 Å². The summed E-state index contributed by atoms with van der Waals surface area (Å²) in [4.78, 5) is 12.9. The average Bonchev–Trinajstić information content (AvgIpc) is 3.12. The van der Waals surface area contributed by atoms with Crippen molar-refractivity contribution >= 4 is 28.0 Å². The van der Waals surface area contributed by atoms with Crippen LogP contribution in [-0.4, -0.2) is 25.6 Å². The van der Waals surface area contributed by atoms with E-state index in [0.29, 0.717) is 28.0 Å². The summed E-state index contributed by atoms with van der Waals surface area (Å²) in [6.07, 6.45) is 0. The van der Waals surface area contributed by atoms with Gasteiger partial charge in [-0.1, -0.05) is 36.4 Å². The lowest BCUT2D eigenvalue weighted by Crippen LogP contribution is -2.21. The van der Waals surface area contributed by atoms with Crippen molar-refractivity contribution in [1.29, 1.82) is 10.8 Å². The molecule has 0 unspecified atom stereocenters. The van der Waals surface area contributed by atoms with Gasteiger partial charge in [-0.2, -0.15) is 5.10 Å². The van der Waals surface area contributed by atoms with E-state index in [1.165, 1.54) is 0 Å². The second-order valence-corrected chi connectivity index (χ2v) is 7.11. The summed E-state index contributed by atoms with van der Waals surface area (Å²) in [7, 11) is 1.74. The molecular weight excluding hydrogens is 350 g/mol. The normalized spacial score (nSPS) is 12.4. The van der Waals surface area contributed by atoms with Gasteiger partial charge >= 0.3 is 0 Å². The van der Waals surface area contributed by atoms with E-state index in [2.05, 4.69) is 0 Å². The monoisotopic (exact) mass is 371 g/mol. The third-order valence-electron chi connectivity index (χ3n) is 5.09. The summed E-state index contributed by atoms with van der Waals surface area (Å²) in [5.74, 6) is -0.396. The van der Waals surface area contributed by atoms with Gasteiger partial charge in [0.05, 0.1) is 22.5 Å². The molecule has 0 aliphatic carbocycles. The van der Waals surface area contributed by atoms with E-state index in [1.807, 2.05) is 48.5 Å². The first-order valence-electron chi connectivity index (χ1n) is 9.06. The smallest absolute Gasteiger partial charge is 0.261 e. The highest BCUT2D eigenvalue weighted by Crippen LogP contribution is 2.25. The lowest BCUT2D eigenvalue weighted by atomic mass is 9.90. The van der Waals surface area contributed by atoms with Crippen LogP contribution in [0.2, 0.25) is 0 Å². The zero-order chi connectivity index (χ0) is 20.0. The third kappa shape index (κ3) is 2.74. The van der Waals surface area contributed by atoms with Crippen molar-refractivity contribution in [2.75, 3.05) is 0 Å². The van der Waals surface area contributed by atoms with Crippen LogP contribution >= 0.6 is 0 Å². The summed E-state index contributed by atoms with van der Waals surface area (Å²) in [6, 6.07) is 17.2. The van der Waals surface area contributed by atoms with Crippen molar-refractivity contribution < 1.29 is 0 Å². The van der Waals surface area contributed by atoms with Crippen LogP contribution in [-0.2, 0) is 7.05 Å². The van der Waals surface area contributed by atoms with Crippen LogP contribution in [0, 0.1) is 10.8 Å². The number of fused-ring (bicyclic) bond motifs is 3. The Kier molecular flexibility index (Phi) is 4.19. The molecule has 0 saturated heterocycles. The molecule has 4 rings (SSSR count). The van der Waals surface area contributed by atoms with Gasteiger partial charge in [0.2, 0.25) is 0 Å². The highest BCUT2D eigenvalue weighted by atomic mass is 16.1. The summed E-state index contributed by atoms with van der Waals surface area (Å²) in [6.45, 7) is 3.40. The van der Waals surface area contributed by atoms with Crippen LogP contribution in [0.15, 0.2) is 59.4 Å². The first kappa shape index (κ1) is 17.9. The Hall–Kier alpha value is -3.54. The number of hydrogen-bond acceptors (Lipinski definition) is 4. The Morgan fingerprint density at radius 3 is 2.32 bits per heavy atom.